The van der Waals surface area contributed by atoms with E-state index in [0.717, 1.165) is 17.7 Å². The van der Waals surface area contributed by atoms with Gasteiger partial charge >= 0.3 is 0 Å². The van der Waals surface area contributed by atoms with Crippen LogP contribution in [0.4, 0.5) is 0 Å². The van der Waals surface area contributed by atoms with Crippen molar-refractivity contribution in [2.45, 2.75) is 27.2 Å². The molecule has 0 aliphatic carbocycles. The van der Waals surface area contributed by atoms with E-state index < -0.39 is 0 Å². The van der Waals surface area contributed by atoms with Crippen LogP contribution in [-0.4, -0.2) is 5.91 Å². The fraction of sp³-hybridized carbons (Fsp3) is 0.308. The molecule has 0 saturated carbocycles. The van der Waals surface area contributed by atoms with Gasteiger partial charge in [0.1, 0.15) is 0 Å². The number of hydrogen-bond acceptors (Lipinski definition) is 1. The minimum atomic E-state index is -0.0543. The zero-order valence-corrected chi connectivity index (χ0v) is 9.71. The Bertz CT molecular complexity index is 308. The Morgan fingerprint density at radius 3 is 2.47 bits per heavy atom. The molecule has 15 heavy (non-hydrogen) atoms. The summed E-state index contributed by atoms with van der Waals surface area (Å²) in [7, 11) is 0. The number of allylic oxidation sites excluding steroid dienone is 7. The second-order valence-electron chi connectivity index (χ2n) is 3.21. The number of hydrogen-bond donors (Lipinski definition) is 1. The highest BCUT2D eigenvalue weighted by Gasteiger charge is 1.90. The third kappa shape index (κ3) is 7.50. The molecule has 0 bridgehead atoms. The smallest absolute Gasteiger partial charge is 0.220 e. The monoisotopic (exact) mass is 205 g/mol. The normalized spacial score (nSPS) is 13.0. The van der Waals surface area contributed by atoms with Gasteiger partial charge in [-0.2, -0.15) is 0 Å². The van der Waals surface area contributed by atoms with E-state index in [2.05, 4.69) is 24.9 Å². The molecule has 1 amide bonds. The first-order valence-electron chi connectivity index (χ1n) is 5.05. The summed E-state index contributed by atoms with van der Waals surface area (Å²) in [4.78, 5) is 10.7. The zero-order chi connectivity index (χ0) is 11.7. The van der Waals surface area contributed by atoms with Gasteiger partial charge in [-0.25, -0.2) is 0 Å². The standard InChI is InChI=1S/C13H19NO/c1-5-7-8-13(6-2)10-9-11(3)14-12(4)15/h6-10H,2,5H2,1,3-4H3,(H,14,15)/b8-7+,11-9+,13-10+. The van der Waals surface area contributed by atoms with Gasteiger partial charge in [0.25, 0.3) is 0 Å². The lowest BCUT2D eigenvalue weighted by molar-refractivity contribution is -0.118. The number of amides is 1. The molecule has 0 aromatic rings. The molecule has 0 unspecified atom stereocenters. The molecule has 0 aliphatic rings. The Kier molecular flexibility index (Phi) is 6.98. The molecule has 2 nitrogen and oxygen atoms in total. The number of rotatable bonds is 5. The quantitative estimate of drug-likeness (QED) is 0.686. The van der Waals surface area contributed by atoms with Gasteiger partial charge in [-0.1, -0.05) is 37.8 Å². The molecule has 0 atom stereocenters. The first-order valence-corrected chi connectivity index (χ1v) is 5.05. The second-order valence-corrected chi connectivity index (χ2v) is 3.21. The summed E-state index contributed by atoms with van der Waals surface area (Å²) in [6.45, 7) is 9.14. The minimum absolute atomic E-state index is 0.0543. The van der Waals surface area contributed by atoms with Crippen molar-refractivity contribution in [3.8, 4) is 0 Å². The number of carbonyl (C=O) groups excluding carboxylic acids is 1. The average molecular weight is 205 g/mol. The molecular formula is C13H19NO. The van der Waals surface area contributed by atoms with E-state index >= 15 is 0 Å². The van der Waals surface area contributed by atoms with Crippen molar-refractivity contribution >= 4 is 5.91 Å². The maximum atomic E-state index is 10.7. The van der Waals surface area contributed by atoms with Crippen molar-refractivity contribution in [3.05, 3.63) is 48.2 Å². The summed E-state index contributed by atoms with van der Waals surface area (Å²) in [5, 5.41) is 2.70. The Balaban J connectivity index is 4.50. The highest BCUT2D eigenvalue weighted by molar-refractivity contribution is 5.74. The molecular weight excluding hydrogens is 186 g/mol. The van der Waals surface area contributed by atoms with Crippen LogP contribution < -0.4 is 5.32 Å². The minimum Gasteiger partial charge on any atom is -0.330 e. The van der Waals surface area contributed by atoms with Crippen LogP contribution in [-0.2, 0) is 4.79 Å². The molecule has 0 heterocycles. The lowest BCUT2D eigenvalue weighted by Gasteiger charge is -1.99. The van der Waals surface area contributed by atoms with E-state index in [9.17, 15) is 4.79 Å². The van der Waals surface area contributed by atoms with Gasteiger partial charge in [-0.15, -0.1) is 0 Å². The van der Waals surface area contributed by atoms with Crippen molar-refractivity contribution in [1.29, 1.82) is 0 Å². The third-order valence-corrected chi connectivity index (χ3v) is 1.68. The van der Waals surface area contributed by atoms with Gasteiger partial charge in [-0.3, -0.25) is 4.79 Å². The van der Waals surface area contributed by atoms with E-state index in [1.807, 2.05) is 25.2 Å². The molecule has 0 spiro atoms. The first-order chi connectivity index (χ1) is 7.10. The fourth-order valence-electron chi connectivity index (χ4n) is 0.986. The van der Waals surface area contributed by atoms with Crippen molar-refractivity contribution in [1.82, 2.24) is 5.32 Å². The SMILES string of the molecule is C=CC(/C=C/CC)=C\C=C(/C)NC(C)=O. The first kappa shape index (κ1) is 13.4. The van der Waals surface area contributed by atoms with Crippen LogP contribution in [0, 0.1) is 0 Å². The van der Waals surface area contributed by atoms with Crippen LogP contribution in [0.5, 0.6) is 0 Å². The van der Waals surface area contributed by atoms with Crippen LogP contribution in [0.1, 0.15) is 27.2 Å². The van der Waals surface area contributed by atoms with E-state index in [4.69, 9.17) is 0 Å². The van der Waals surface area contributed by atoms with Gasteiger partial charge in [0.05, 0.1) is 0 Å². The lowest BCUT2D eigenvalue weighted by Crippen LogP contribution is -2.16. The van der Waals surface area contributed by atoms with Gasteiger partial charge in [0.2, 0.25) is 5.91 Å². The lowest BCUT2D eigenvalue weighted by atomic mass is 10.2. The average Bonchev–Trinajstić information content (AvgIpc) is 2.17. The maximum absolute atomic E-state index is 10.7. The van der Waals surface area contributed by atoms with Crippen LogP contribution in [0.3, 0.4) is 0 Å². The van der Waals surface area contributed by atoms with E-state index in [0.29, 0.717) is 0 Å². The van der Waals surface area contributed by atoms with E-state index in [1.165, 1.54) is 6.92 Å². The molecule has 0 saturated heterocycles. The Labute approximate surface area is 92.1 Å². The fourth-order valence-corrected chi connectivity index (χ4v) is 0.986. The van der Waals surface area contributed by atoms with E-state index in [-0.39, 0.29) is 5.91 Å². The molecule has 0 radical (unpaired) electrons. The number of carbonyl (C=O) groups is 1. The third-order valence-electron chi connectivity index (χ3n) is 1.68. The highest BCUT2D eigenvalue weighted by Crippen LogP contribution is 2.01. The van der Waals surface area contributed by atoms with Crippen molar-refractivity contribution in [2.75, 3.05) is 0 Å². The van der Waals surface area contributed by atoms with Crippen molar-refractivity contribution < 1.29 is 4.79 Å². The number of nitrogens with one attached hydrogen (secondary N) is 1. The molecule has 0 aromatic carbocycles. The van der Waals surface area contributed by atoms with Crippen LogP contribution in [0.25, 0.3) is 0 Å². The molecule has 0 aromatic heterocycles. The largest absolute Gasteiger partial charge is 0.330 e. The predicted octanol–water partition coefficient (Wildman–Crippen LogP) is 3.10. The summed E-state index contributed by atoms with van der Waals surface area (Å²) < 4.78 is 0. The van der Waals surface area contributed by atoms with E-state index in [1.54, 1.807) is 6.08 Å². The Morgan fingerprint density at radius 2 is 2.00 bits per heavy atom. The van der Waals surface area contributed by atoms with Crippen molar-refractivity contribution in [2.24, 2.45) is 0 Å². The van der Waals surface area contributed by atoms with Gasteiger partial charge in [0, 0.05) is 12.6 Å². The summed E-state index contributed by atoms with van der Waals surface area (Å²) in [6.07, 6.45) is 10.6. The molecule has 82 valence electrons. The van der Waals surface area contributed by atoms with Crippen LogP contribution in [0.15, 0.2) is 48.2 Å². The molecule has 2 heteroatoms. The molecule has 0 rings (SSSR count). The second kappa shape index (κ2) is 7.80. The van der Waals surface area contributed by atoms with Gasteiger partial charge in [0.15, 0.2) is 0 Å². The van der Waals surface area contributed by atoms with Crippen molar-refractivity contribution in [3.63, 3.8) is 0 Å². The Morgan fingerprint density at radius 1 is 1.33 bits per heavy atom. The molecule has 0 fully saturated rings. The topological polar surface area (TPSA) is 29.1 Å². The van der Waals surface area contributed by atoms with Gasteiger partial charge < -0.3 is 5.32 Å². The summed E-state index contributed by atoms with van der Waals surface area (Å²) in [5.74, 6) is -0.0543. The molecule has 1 N–H and O–H groups in total. The summed E-state index contributed by atoms with van der Waals surface area (Å²) >= 11 is 0. The zero-order valence-electron chi connectivity index (χ0n) is 9.71. The summed E-state index contributed by atoms with van der Waals surface area (Å²) in [5.41, 5.74) is 1.85. The highest BCUT2D eigenvalue weighted by atomic mass is 16.1. The maximum Gasteiger partial charge on any atom is 0.220 e. The van der Waals surface area contributed by atoms with Crippen LogP contribution in [0.2, 0.25) is 0 Å². The molecule has 0 aliphatic heterocycles. The Hall–Kier alpha value is -1.57. The van der Waals surface area contributed by atoms with Crippen LogP contribution >= 0.6 is 0 Å². The van der Waals surface area contributed by atoms with Gasteiger partial charge in [-0.05, 0) is 25.0 Å². The predicted molar refractivity (Wildman–Crippen MR) is 65.3 cm³/mol. The summed E-state index contributed by atoms with van der Waals surface area (Å²) in [6, 6.07) is 0.